The van der Waals surface area contributed by atoms with Crippen molar-refractivity contribution >= 4 is 11.6 Å². The topological polar surface area (TPSA) is 41.5 Å². The zero-order valence-corrected chi connectivity index (χ0v) is 12.0. The molecule has 102 valence electrons. The quantitative estimate of drug-likeness (QED) is 0.750. The number of ether oxygens (including phenoxy) is 1. The Balaban J connectivity index is 2.48. The minimum absolute atomic E-state index is 0.215. The van der Waals surface area contributed by atoms with E-state index in [2.05, 4.69) is 12.2 Å². The number of aliphatic hydroxyl groups is 1. The molecule has 2 N–H and O–H groups in total. The van der Waals surface area contributed by atoms with Crippen molar-refractivity contribution in [3.63, 3.8) is 0 Å². The van der Waals surface area contributed by atoms with Gasteiger partial charge in [-0.25, -0.2) is 0 Å². The molecule has 0 amide bonds. The van der Waals surface area contributed by atoms with Gasteiger partial charge in [-0.15, -0.1) is 0 Å². The molecule has 0 heterocycles. The molecule has 1 atom stereocenters. The van der Waals surface area contributed by atoms with Crippen molar-refractivity contribution in [2.24, 2.45) is 0 Å². The number of aryl methyl sites for hydroxylation is 1. The Hall–Kier alpha value is -0.770. The Morgan fingerprint density at radius 1 is 1.44 bits per heavy atom. The first-order chi connectivity index (χ1) is 8.44. The van der Waals surface area contributed by atoms with Crippen molar-refractivity contribution in [1.82, 2.24) is 5.32 Å². The van der Waals surface area contributed by atoms with E-state index in [-0.39, 0.29) is 6.61 Å². The van der Waals surface area contributed by atoms with E-state index in [0.717, 1.165) is 18.5 Å². The van der Waals surface area contributed by atoms with Gasteiger partial charge in [-0.3, -0.25) is 0 Å². The first-order valence-electron chi connectivity index (χ1n) is 6.26. The largest absolute Gasteiger partial charge is 0.489 e. The van der Waals surface area contributed by atoms with Gasteiger partial charge in [-0.05, 0) is 44.5 Å². The third-order valence-electron chi connectivity index (χ3n) is 2.56. The Bertz CT molecular complexity index is 380. The molecule has 0 spiro atoms. The molecule has 1 aromatic carbocycles. The molecule has 0 saturated heterocycles. The van der Waals surface area contributed by atoms with Gasteiger partial charge in [0.1, 0.15) is 18.0 Å². The van der Waals surface area contributed by atoms with E-state index >= 15 is 0 Å². The fraction of sp³-hybridized carbons (Fsp3) is 0.571. The molecule has 1 rings (SSSR count). The monoisotopic (exact) mass is 271 g/mol. The lowest BCUT2D eigenvalue weighted by Crippen LogP contribution is -2.43. The standard InChI is InChI=1S/C14H22ClNO2/c1-4-7-16-9-14(3,17)10-18-13-6-5-11(2)8-12(13)15/h5-6,8,16-17H,4,7,9-10H2,1-3H3. The molecular weight excluding hydrogens is 250 g/mol. The fourth-order valence-electron chi connectivity index (χ4n) is 1.54. The molecule has 0 radical (unpaired) electrons. The van der Waals surface area contributed by atoms with E-state index < -0.39 is 5.60 Å². The van der Waals surface area contributed by atoms with Gasteiger partial charge in [0.2, 0.25) is 0 Å². The Morgan fingerprint density at radius 3 is 2.78 bits per heavy atom. The second-order valence-electron chi connectivity index (χ2n) is 4.90. The summed E-state index contributed by atoms with van der Waals surface area (Å²) in [5.41, 5.74) is 0.187. The lowest BCUT2D eigenvalue weighted by Gasteiger charge is -2.24. The van der Waals surface area contributed by atoms with Crippen LogP contribution < -0.4 is 10.1 Å². The maximum atomic E-state index is 10.1. The molecule has 0 bridgehead atoms. The summed E-state index contributed by atoms with van der Waals surface area (Å²) in [6.07, 6.45) is 1.04. The van der Waals surface area contributed by atoms with Crippen LogP contribution in [0.15, 0.2) is 18.2 Å². The Kier molecular flexibility index (Phi) is 5.93. The molecule has 0 aliphatic heterocycles. The molecule has 18 heavy (non-hydrogen) atoms. The summed E-state index contributed by atoms with van der Waals surface area (Å²) >= 11 is 6.06. The number of halogens is 1. The van der Waals surface area contributed by atoms with Gasteiger partial charge in [-0.2, -0.15) is 0 Å². The third kappa shape index (κ3) is 5.25. The van der Waals surface area contributed by atoms with Crippen LogP contribution >= 0.6 is 11.6 Å². The Labute approximate surface area is 114 Å². The van der Waals surface area contributed by atoms with E-state index in [9.17, 15) is 5.11 Å². The highest BCUT2D eigenvalue weighted by atomic mass is 35.5. The van der Waals surface area contributed by atoms with Gasteiger partial charge in [0.15, 0.2) is 0 Å². The zero-order chi connectivity index (χ0) is 13.6. The molecule has 1 unspecified atom stereocenters. The number of nitrogens with one attached hydrogen (secondary N) is 1. The van der Waals surface area contributed by atoms with Crippen molar-refractivity contribution in [2.75, 3.05) is 19.7 Å². The van der Waals surface area contributed by atoms with Crippen LogP contribution in [-0.2, 0) is 0 Å². The summed E-state index contributed by atoms with van der Waals surface area (Å²) in [5, 5.41) is 13.9. The van der Waals surface area contributed by atoms with Crippen LogP contribution in [-0.4, -0.2) is 30.4 Å². The van der Waals surface area contributed by atoms with Crippen LogP contribution in [0.3, 0.4) is 0 Å². The molecular formula is C14H22ClNO2. The van der Waals surface area contributed by atoms with Crippen molar-refractivity contribution in [3.05, 3.63) is 28.8 Å². The number of benzene rings is 1. The van der Waals surface area contributed by atoms with E-state index in [1.54, 1.807) is 6.92 Å². The van der Waals surface area contributed by atoms with Gasteiger partial charge >= 0.3 is 0 Å². The highest BCUT2D eigenvalue weighted by molar-refractivity contribution is 6.32. The number of rotatable bonds is 7. The average molecular weight is 272 g/mol. The van der Waals surface area contributed by atoms with Crippen molar-refractivity contribution in [2.45, 2.75) is 32.8 Å². The minimum Gasteiger partial charge on any atom is -0.489 e. The van der Waals surface area contributed by atoms with Crippen LogP contribution in [0.5, 0.6) is 5.75 Å². The summed E-state index contributed by atoms with van der Waals surface area (Å²) < 4.78 is 5.57. The van der Waals surface area contributed by atoms with E-state index in [1.807, 2.05) is 25.1 Å². The molecule has 0 aliphatic rings. The molecule has 0 saturated carbocycles. The SMILES string of the molecule is CCCNCC(C)(O)COc1ccc(C)cc1Cl. The van der Waals surface area contributed by atoms with Gasteiger partial charge in [0.05, 0.1) is 5.02 Å². The van der Waals surface area contributed by atoms with Gasteiger partial charge in [-0.1, -0.05) is 24.6 Å². The fourth-order valence-corrected chi connectivity index (χ4v) is 1.83. The lowest BCUT2D eigenvalue weighted by molar-refractivity contribution is 0.0125. The van der Waals surface area contributed by atoms with Crippen molar-refractivity contribution in [1.29, 1.82) is 0 Å². The zero-order valence-electron chi connectivity index (χ0n) is 11.3. The van der Waals surface area contributed by atoms with Gasteiger partial charge in [0, 0.05) is 6.54 Å². The highest BCUT2D eigenvalue weighted by Gasteiger charge is 2.21. The molecule has 0 fully saturated rings. The van der Waals surface area contributed by atoms with Crippen molar-refractivity contribution in [3.8, 4) is 5.75 Å². The highest BCUT2D eigenvalue weighted by Crippen LogP contribution is 2.25. The summed E-state index contributed by atoms with van der Waals surface area (Å²) in [4.78, 5) is 0. The van der Waals surface area contributed by atoms with Crippen LogP contribution in [0, 0.1) is 6.92 Å². The summed E-state index contributed by atoms with van der Waals surface area (Å²) in [5.74, 6) is 0.609. The Morgan fingerprint density at radius 2 is 2.17 bits per heavy atom. The number of hydrogen-bond donors (Lipinski definition) is 2. The van der Waals surface area contributed by atoms with Gasteiger partial charge in [0.25, 0.3) is 0 Å². The molecule has 4 heteroatoms. The predicted octanol–water partition coefficient (Wildman–Crippen LogP) is 2.78. The minimum atomic E-state index is -0.899. The maximum Gasteiger partial charge on any atom is 0.138 e. The average Bonchev–Trinajstić information content (AvgIpc) is 2.28. The summed E-state index contributed by atoms with van der Waals surface area (Å²) in [6, 6.07) is 5.61. The molecule has 3 nitrogen and oxygen atoms in total. The molecule has 0 aliphatic carbocycles. The normalized spacial score (nSPS) is 14.3. The second-order valence-corrected chi connectivity index (χ2v) is 5.30. The van der Waals surface area contributed by atoms with Crippen LogP contribution in [0.25, 0.3) is 0 Å². The third-order valence-corrected chi connectivity index (χ3v) is 2.85. The van der Waals surface area contributed by atoms with E-state index in [4.69, 9.17) is 16.3 Å². The van der Waals surface area contributed by atoms with Crippen LogP contribution in [0.4, 0.5) is 0 Å². The van der Waals surface area contributed by atoms with E-state index in [1.165, 1.54) is 0 Å². The molecule has 0 aromatic heterocycles. The smallest absolute Gasteiger partial charge is 0.138 e. The first-order valence-corrected chi connectivity index (χ1v) is 6.64. The molecule has 1 aromatic rings. The lowest BCUT2D eigenvalue weighted by atomic mass is 10.1. The van der Waals surface area contributed by atoms with Crippen LogP contribution in [0.1, 0.15) is 25.8 Å². The van der Waals surface area contributed by atoms with E-state index in [0.29, 0.717) is 17.3 Å². The van der Waals surface area contributed by atoms with Crippen molar-refractivity contribution < 1.29 is 9.84 Å². The summed E-state index contributed by atoms with van der Waals surface area (Å²) in [6.45, 7) is 7.42. The summed E-state index contributed by atoms with van der Waals surface area (Å²) in [7, 11) is 0. The van der Waals surface area contributed by atoms with Gasteiger partial charge < -0.3 is 15.2 Å². The number of hydrogen-bond acceptors (Lipinski definition) is 3. The first kappa shape index (κ1) is 15.3. The predicted molar refractivity (Wildman–Crippen MR) is 75.5 cm³/mol. The maximum absolute atomic E-state index is 10.1. The second kappa shape index (κ2) is 6.98. The van der Waals surface area contributed by atoms with Crippen LogP contribution in [0.2, 0.25) is 5.02 Å².